The first-order chi connectivity index (χ1) is 9.83. The van der Waals surface area contributed by atoms with Crippen LogP contribution in [0.3, 0.4) is 0 Å². The molecule has 1 aromatic carbocycles. The van der Waals surface area contributed by atoms with Crippen LogP contribution < -0.4 is 5.32 Å². The van der Waals surface area contributed by atoms with E-state index < -0.39 is 0 Å². The van der Waals surface area contributed by atoms with Crippen molar-refractivity contribution in [1.29, 1.82) is 0 Å². The van der Waals surface area contributed by atoms with Crippen LogP contribution in [0.1, 0.15) is 10.5 Å². The van der Waals surface area contributed by atoms with Gasteiger partial charge in [-0.25, -0.2) is 4.98 Å². The van der Waals surface area contributed by atoms with E-state index >= 15 is 0 Å². The van der Waals surface area contributed by atoms with Crippen molar-refractivity contribution in [2.75, 3.05) is 5.32 Å². The number of aromatic nitrogens is 3. The van der Waals surface area contributed by atoms with Gasteiger partial charge in [0.15, 0.2) is 0 Å². The van der Waals surface area contributed by atoms with Crippen LogP contribution in [0.5, 0.6) is 0 Å². The third-order valence-electron chi connectivity index (χ3n) is 2.81. The highest BCUT2D eigenvalue weighted by atomic mass is 16.1. The van der Waals surface area contributed by atoms with Crippen LogP contribution in [0.15, 0.2) is 61.1 Å². The van der Waals surface area contributed by atoms with Crippen LogP contribution in [0.4, 0.5) is 5.69 Å². The third-order valence-corrected chi connectivity index (χ3v) is 2.81. The summed E-state index contributed by atoms with van der Waals surface area (Å²) < 4.78 is 0. The molecule has 2 aromatic heterocycles. The molecule has 0 aliphatic rings. The van der Waals surface area contributed by atoms with Crippen molar-refractivity contribution in [1.82, 2.24) is 15.0 Å². The van der Waals surface area contributed by atoms with Gasteiger partial charge in [0.1, 0.15) is 11.5 Å². The minimum atomic E-state index is -0.226. The molecule has 3 rings (SSSR count). The lowest BCUT2D eigenvalue weighted by Crippen LogP contribution is -2.13. The summed E-state index contributed by atoms with van der Waals surface area (Å²) in [4.78, 5) is 23.1. The Kier molecular flexibility index (Phi) is 3.24. The third kappa shape index (κ3) is 2.56. The lowest BCUT2D eigenvalue weighted by molar-refractivity contribution is 0.102. The Morgan fingerprint density at radius 2 is 1.85 bits per heavy atom. The Hall–Kier alpha value is -2.95. The van der Waals surface area contributed by atoms with E-state index in [1.165, 1.54) is 0 Å². The van der Waals surface area contributed by atoms with E-state index in [-0.39, 0.29) is 5.91 Å². The Morgan fingerprint density at radius 3 is 2.50 bits per heavy atom. The van der Waals surface area contributed by atoms with Gasteiger partial charge < -0.3 is 10.3 Å². The number of aromatic amines is 1. The van der Waals surface area contributed by atoms with E-state index in [0.717, 1.165) is 17.1 Å². The molecule has 5 heteroatoms. The Bertz CT molecular complexity index is 691. The van der Waals surface area contributed by atoms with E-state index in [0.29, 0.717) is 5.69 Å². The molecule has 1 amide bonds. The summed E-state index contributed by atoms with van der Waals surface area (Å²) in [6.07, 6.45) is 5.06. The molecule has 0 radical (unpaired) electrons. The van der Waals surface area contributed by atoms with E-state index in [2.05, 4.69) is 20.3 Å². The Morgan fingerprint density at radius 1 is 1.00 bits per heavy atom. The number of rotatable bonds is 3. The number of carbonyl (C=O) groups is 1. The van der Waals surface area contributed by atoms with Gasteiger partial charge in [0, 0.05) is 29.8 Å². The SMILES string of the molecule is O=C(Nc1ccc(-c2ncc[nH]2)cc1)c1ccccn1. The number of imidazole rings is 1. The second-order valence-corrected chi connectivity index (χ2v) is 4.18. The van der Waals surface area contributed by atoms with E-state index in [4.69, 9.17) is 0 Å². The van der Waals surface area contributed by atoms with Crippen molar-refractivity contribution >= 4 is 11.6 Å². The fourth-order valence-electron chi connectivity index (χ4n) is 1.83. The predicted octanol–water partition coefficient (Wildman–Crippen LogP) is 2.72. The van der Waals surface area contributed by atoms with Crippen LogP contribution in [0.2, 0.25) is 0 Å². The van der Waals surface area contributed by atoms with Crippen molar-refractivity contribution in [3.63, 3.8) is 0 Å². The van der Waals surface area contributed by atoms with Crippen LogP contribution in [-0.4, -0.2) is 20.9 Å². The number of nitrogens with one attached hydrogen (secondary N) is 2. The monoisotopic (exact) mass is 264 g/mol. The first kappa shape index (κ1) is 12.1. The summed E-state index contributed by atoms with van der Waals surface area (Å²) in [6, 6.07) is 12.7. The Labute approximate surface area is 115 Å². The molecule has 0 aliphatic carbocycles. The van der Waals surface area contributed by atoms with E-state index in [9.17, 15) is 4.79 Å². The second-order valence-electron chi connectivity index (χ2n) is 4.18. The number of carbonyl (C=O) groups excluding carboxylic acids is 1. The summed E-state index contributed by atoms with van der Waals surface area (Å²) in [5.41, 5.74) is 2.07. The number of pyridine rings is 1. The van der Waals surface area contributed by atoms with Crippen LogP contribution in [0.25, 0.3) is 11.4 Å². The van der Waals surface area contributed by atoms with E-state index in [1.54, 1.807) is 36.8 Å². The summed E-state index contributed by atoms with van der Waals surface area (Å²) in [7, 11) is 0. The zero-order valence-electron chi connectivity index (χ0n) is 10.6. The minimum absolute atomic E-state index is 0.226. The minimum Gasteiger partial charge on any atom is -0.345 e. The highest BCUT2D eigenvalue weighted by molar-refractivity contribution is 6.02. The molecule has 2 N–H and O–H groups in total. The lowest BCUT2D eigenvalue weighted by Gasteiger charge is -2.05. The molecule has 0 bridgehead atoms. The van der Waals surface area contributed by atoms with Gasteiger partial charge in [0.05, 0.1) is 0 Å². The Balaban J connectivity index is 1.74. The molecule has 0 saturated carbocycles. The molecule has 2 heterocycles. The topological polar surface area (TPSA) is 70.7 Å². The van der Waals surface area contributed by atoms with Gasteiger partial charge >= 0.3 is 0 Å². The van der Waals surface area contributed by atoms with Gasteiger partial charge in [-0.2, -0.15) is 0 Å². The highest BCUT2D eigenvalue weighted by Crippen LogP contribution is 2.17. The van der Waals surface area contributed by atoms with Gasteiger partial charge in [-0.1, -0.05) is 6.07 Å². The van der Waals surface area contributed by atoms with Crippen molar-refractivity contribution in [3.05, 3.63) is 66.7 Å². The standard InChI is InChI=1S/C15H12N4O/c20-15(13-3-1-2-8-16-13)19-12-6-4-11(5-7-12)14-17-9-10-18-14/h1-10H,(H,17,18)(H,19,20). The van der Waals surface area contributed by atoms with Gasteiger partial charge in [-0.3, -0.25) is 9.78 Å². The molecule has 5 nitrogen and oxygen atoms in total. The quantitative estimate of drug-likeness (QED) is 0.764. The van der Waals surface area contributed by atoms with Gasteiger partial charge in [-0.15, -0.1) is 0 Å². The molecule has 20 heavy (non-hydrogen) atoms. The van der Waals surface area contributed by atoms with Crippen molar-refractivity contribution in [2.45, 2.75) is 0 Å². The van der Waals surface area contributed by atoms with Crippen LogP contribution >= 0.6 is 0 Å². The summed E-state index contributed by atoms with van der Waals surface area (Å²) >= 11 is 0. The first-order valence-electron chi connectivity index (χ1n) is 6.15. The predicted molar refractivity (Wildman–Crippen MR) is 76.2 cm³/mol. The van der Waals surface area contributed by atoms with Crippen molar-refractivity contribution < 1.29 is 4.79 Å². The number of nitrogens with zero attached hydrogens (tertiary/aromatic N) is 2. The maximum Gasteiger partial charge on any atom is 0.274 e. The zero-order valence-corrected chi connectivity index (χ0v) is 10.6. The number of amides is 1. The number of hydrogen-bond acceptors (Lipinski definition) is 3. The molecule has 0 unspecified atom stereocenters. The second kappa shape index (κ2) is 5.36. The maximum absolute atomic E-state index is 11.9. The molecule has 0 aliphatic heterocycles. The highest BCUT2D eigenvalue weighted by Gasteiger charge is 2.07. The number of H-pyrrole nitrogens is 1. The van der Waals surface area contributed by atoms with Gasteiger partial charge in [-0.05, 0) is 36.4 Å². The average Bonchev–Trinajstić information content (AvgIpc) is 3.03. The zero-order chi connectivity index (χ0) is 13.8. The number of benzene rings is 1. The fraction of sp³-hybridized carbons (Fsp3) is 0. The summed E-state index contributed by atoms with van der Waals surface area (Å²) in [6.45, 7) is 0. The molecule has 0 saturated heterocycles. The molecule has 3 aromatic rings. The van der Waals surface area contributed by atoms with Gasteiger partial charge in [0.2, 0.25) is 0 Å². The van der Waals surface area contributed by atoms with Crippen molar-refractivity contribution in [3.8, 4) is 11.4 Å². The summed E-state index contributed by atoms with van der Waals surface area (Å²) in [5, 5.41) is 2.80. The normalized spacial score (nSPS) is 10.2. The largest absolute Gasteiger partial charge is 0.345 e. The van der Waals surface area contributed by atoms with Crippen LogP contribution in [0, 0.1) is 0 Å². The molecular formula is C15H12N4O. The number of anilines is 1. The molecule has 0 atom stereocenters. The average molecular weight is 264 g/mol. The smallest absolute Gasteiger partial charge is 0.274 e. The first-order valence-corrected chi connectivity index (χ1v) is 6.15. The molecule has 0 fully saturated rings. The lowest BCUT2D eigenvalue weighted by atomic mass is 10.2. The molecule has 0 spiro atoms. The molecular weight excluding hydrogens is 252 g/mol. The summed E-state index contributed by atoms with van der Waals surface area (Å²) in [5.74, 6) is 0.573. The fourth-order valence-corrected chi connectivity index (χ4v) is 1.83. The maximum atomic E-state index is 11.9. The number of hydrogen-bond donors (Lipinski definition) is 2. The van der Waals surface area contributed by atoms with Gasteiger partial charge in [0.25, 0.3) is 5.91 Å². The van der Waals surface area contributed by atoms with Crippen LogP contribution in [-0.2, 0) is 0 Å². The van der Waals surface area contributed by atoms with Crippen molar-refractivity contribution in [2.24, 2.45) is 0 Å². The molecule has 98 valence electrons. The van der Waals surface area contributed by atoms with E-state index in [1.807, 2.05) is 24.3 Å².